The van der Waals surface area contributed by atoms with Crippen LogP contribution in [0.5, 0.6) is 11.5 Å². The lowest BCUT2D eigenvalue weighted by Gasteiger charge is -2.13. The van der Waals surface area contributed by atoms with Crippen LogP contribution >= 0.6 is 11.6 Å². The maximum atomic E-state index is 13.4. The Kier molecular flexibility index (Phi) is 8.76. The van der Waals surface area contributed by atoms with Gasteiger partial charge in [0.15, 0.2) is 0 Å². The van der Waals surface area contributed by atoms with Gasteiger partial charge in [-0.2, -0.15) is 0 Å². The van der Waals surface area contributed by atoms with E-state index in [2.05, 4.69) is 9.98 Å². The molecule has 1 atom stereocenters. The SMILES string of the molecule is COc1ccc(Cn2c(=Nc3ccc(OC(C)C)c(Cl)c3)[nH]c(=O)n(CC[C@H](C)C(=O)O)c2=O)cc1. The van der Waals surface area contributed by atoms with Gasteiger partial charge in [-0.1, -0.05) is 30.7 Å². The van der Waals surface area contributed by atoms with E-state index < -0.39 is 23.3 Å². The average molecular weight is 517 g/mol. The molecule has 192 valence electrons. The zero-order valence-electron chi connectivity index (χ0n) is 20.5. The van der Waals surface area contributed by atoms with Crippen molar-refractivity contribution in [2.75, 3.05) is 7.11 Å². The van der Waals surface area contributed by atoms with Crippen molar-refractivity contribution in [3.05, 3.63) is 79.6 Å². The second-order valence-corrected chi connectivity index (χ2v) is 8.95. The number of carbonyl (C=O) groups is 1. The number of halogens is 1. The van der Waals surface area contributed by atoms with Crippen LogP contribution in [-0.4, -0.2) is 38.4 Å². The zero-order chi connectivity index (χ0) is 26.4. The molecule has 0 spiro atoms. The normalized spacial score (nSPS) is 12.6. The summed E-state index contributed by atoms with van der Waals surface area (Å²) >= 11 is 6.33. The average Bonchev–Trinajstić information content (AvgIpc) is 2.83. The number of hydrogen-bond donors (Lipinski definition) is 2. The van der Waals surface area contributed by atoms with Gasteiger partial charge in [0, 0.05) is 6.54 Å². The Bertz CT molecular complexity index is 1410. The third kappa shape index (κ3) is 6.66. The van der Waals surface area contributed by atoms with Crippen LogP contribution in [0.3, 0.4) is 0 Å². The van der Waals surface area contributed by atoms with Crippen LogP contribution in [0.4, 0.5) is 5.69 Å². The van der Waals surface area contributed by atoms with Gasteiger partial charge in [-0.15, -0.1) is 0 Å². The molecule has 2 aromatic carbocycles. The summed E-state index contributed by atoms with van der Waals surface area (Å²) in [5.74, 6) is -0.565. The second-order valence-electron chi connectivity index (χ2n) is 8.54. The first-order chi connectivity index (χ1) is 17.1. The minimum atomic E-state index is -1.00. The number of ether oxygens (including phenoxy) is 2. The molecule has 36 heavy (non-hydrogen) atoms. The number of nitrogens with one attached hydrogen (secondary N) is 1. The Labute approximate surface area is 212 Å². The summed E-state index contributed by atoms with van der Waals surface area (Å²) in [4.78, 5) is 44.5. The molecule has 0 aliphatic heterocycles. The molecule has 0 saturated heterocycles. The Morgan fingerprint density at radius 3 is 2.39 bits per heavy atom. The number of nitrogens with zero attached hydrogens (tertiary/aromatic N) is 3. The highest BCUT2D eigenvalue weighted by molar-refractivity contribution is 6.32. The standard InChI is InChI=1S/C25H29ClN4O6/c1-15(2)36-21-10-7-18(13-20(21)26)27-23-28-24(33)29(12-11-16(3)22(31)32)25(34)30(23)14-17-5-8-19(35-4)9-6-17/h5-10,13,15-16H,11-12,14H2,1-4H3,(H,31,32)(H,27,28,33)/t16-/m0/s1. The lowest BCUT2D eigenvalue weighted by molar-refractivity contribution is -0.141. The number of carboxylic acid groups (broad SMARTS) is 1. The molecule has 0 aliphatic carbocycles. The van der Waals surface area contributed by atoms with Crippen molar-refractivity contribution >= 4 is 23.3 Å². The van der Waals surface area contributed by atoms with E-state index in [-0.39, 0.29) is 31.2 Å². The number of aliphatic carboxylic acids is 1. The Morgan fingerprint density at radius 2 is 1.81 bits per heavy atom. The Hall–Kier alpha value is -3.79. The Balaban J connectivity index is 2.11. The fourth-order valence-electron chi connectivity index (χ4n) is 3.37. The van der Waals surface area contributed by atoms with Gasteiger partial charge in [-0.3, -0.25) is 14.3 Å². The van der Waals surface area contributed by atoms with Crippen molar-refractivity contribution in [2.45, 2.75) is 46.4 Å². The number of aromatic amines is 1. The van der Waals surface area contributed by atoms with E-state index in [1.165, 1.54) is 11.5 Å². The third-order valence-electron chi connectivity index (χ3n) is 5.40. The molecule has 10 nitrogen and oxygen atoms in total. The van der Waals surface area contributed by atoms with Gasteiger partial charge in [0.25, 0.3) is 0 Å². The quantitative estimate of drug-likeness (QED) is 0.426. The van der Waals surface area contributed by atoms with Crippen molar-refractivity contribution in [3.8, 4) is 11.5 Å². The predicted molar refractivity (Wildman–Crippen MR) is 135 cm³/mol. The van der Waals surface area contributed by atoms with Crippen LogP contribution < -0.4 is 26.5 Å². The smallest absolute Gasteiger partial charge is 0.335 e. The maximum Gasteiger partial charge on any atom is 0.335 e. The second kappa shape index (κ2) is 11.8. The van der Waals surface area contributed by atoms with Crippen LogP contribution in [0, 0.1) is 5.92 Å². The molecule has 0 radical (unpaired) electrons. The molecule has 0 fully saturated rings. The lowest BCUT2D eigenvalue weighted by atomic mass is 10.1. The molecule has 0 saturated carbocycles. The van der Waals surface area contributed by atoms with Crippen molar-refractivity contribution in [3.63, 3.8) is 0 Å². The molecule has 0 amide bonds. The van der Waals surface area contributed by atoms with E-state index in [0.29, 0.717) is 22.2 Å². The topological polar surface area (TPSA) is 128 Å². The molecule has 3 aromatic rings. The van der Waals surface area contributed by atoms with Crippen molar-refractivity contribution in [1.82, 2.24) is 14.1 Å². The van der Waals surface area contributed by atoms with E-state index >= 15 is 0 Å². The maximum absolute atomic E-state index is 13.4. The third-order valence-corrected chi connectivity index (χ3v) is 5.70. The largest absolute Gasteiger partial charge is 0.497 e. The van der Waals surface area contributed by atoms with Crippen molar-refractivity contribution in [1.29, 1.82) is 0 Å². The summed E-state index contributed by atoms with van der Waals surface area (Å²) in [6, 6.07) is 12.0. The molecule has 11 heteroatoms. The van der Waals surface area contributed by atoms with Gasteiger partial charge >= 0.3 is 17.3 Å². The molecule has 1 heterocycles. The van der Waals surface area contributed by atoms with E-state index in [1.54, 1.807) is 49.6 Å². The van der Waals surface area contributed by atoms with E-state index in [0.717, 1.165) is 10.1 Å². The first kappa shape index (κ1) is 26.8. The number of rotatable bonds is 10. The van der Waals surface area contributed by atoms with Crippen LogP contribution in [0.1, 0.15) is 32.8 Å². The molecule has 0 bridgehead atoms. The van der Waals surface area contributed by atoms with Gasteiger partial charge in [-0.25, -0.2) is 19.1 Å². The van der Waals surface area contributed by atoms with E-state index in [4.69, 9.17) is 26.2 Å². The highest BCUT2D eigenvalue weighted by atomic mass is 35.5. The van der Waals surface area contributed by atoms with Gasteiger partial charge in [-0.05, 0) is 56.2 Å². The first-order valence-electron chi connectivity index (χ1n) is 11.4. The molecule has 3 rings (SSSR count). The number of carboxylic acids is 1. The summed E-state index contributed by atoms with van der Waals surface area (Å²) in [7, 11) is 1.56. The summed E-state index contributed by atoms with van der Waals surface area (Å²) in [6.45, 7) is 5.33. The van der Waals surface area contributed by atoms with Crippen molar-refractivity contribution < 1.29 is 19.4 Å². The summed E-state index contributed by atoms with van der Waals surface area (Å²) < 4.78 is 13.1. The first-order valence-corrected chi connectivity index (χ1v) is 11.8. The molecule has 2 N–H and O–H groups in total. The van der Waals surface area contributed by atoms with Gasteiger partial charge in [0.05, 0.1) is 36.4 Å². The monoisotopic (exact) mass is 516 g/mol. The zero-order valence-corrected chi connectivity index (χ0v) is 21.3. The number of aromatic nitrogens is 3. The number of benzene rings is 2. The predicted octanol–water partition coefficient (Wildman–Crippen LogP) is 3.18. The summed E-state index contributed by atoms with van der Waals surface area (Å²) in [6.07, 6.45) is 0.0503. The van der Waals surface area contributed by atoms with Crippen LogP contribution in [-0.2, 0) is 17.9 Å². The molecule has 0 unspecified atom stereocenters. The lowest BCUT2D eigenvalue weighted by Crippen LogP contribution is -2.50. The molecular weight excluding hydrogens is 488 g/mol. The summed E-state index contributed by atoms with van der Waals surface area (Å²) in [5, 5.41) is 9.50. The van der Waals surface area contributed by atoms with E-state index in [1.807, 2.05) is 13.8 Å². The highest BCUT2D eigenvalue weighted by Crippen LogP contribution is 2.29. The van der Waals surface area contributed by atoms with E-state index in [9.17, 15) is 14.4 Å². The van der Waals surface area contributed by atoms with Crippen LogP contribution in [0.25, 0.3) is 0 Å². The molecular formula is C25H29ClN4O6. The number of methoxy groups -OCH3 is 1. The van der Waals surface area contributed by atoms with Gasteiger partial charge in [0.1, 0.15) is 11.5 Å². The van der Waals surface area contributed by atoms with Gasteiger partial charge < -0.3 is 14.6 Å². The van der Waals surface area contributed by atoms with Crippen molar-refractivity contribution in [2.24, 2.45) is 10.9 Å². The van der Waals surface area contributed by atoms with Gasteiger partial charge in [0.2, 0.25) is 5.62 Å². The van der Waals surface area contributed by atoms with Crippen LogP contribution in [0.15, 0.2) is 57.0 Å². The fourth-order valence-corrected chi connectivity index (χ4v) is 3.59. The minimum Gasteiger partial charge on any atom is -0.497 e. The molecule has 1 aromatic heterocycles. The minimum absolute atomic E-state index is 0.0249. The summed E-state index contributed by atoms with van der Waals surface area (Å²) in [5.41, 5.74) is -0.0978. The van der Waals surface area contributed by atoms with Crippen LogP contribution in [0.2, 0.25) is 5.02 Å². The number of H-pyrrole nitrogens is 1. The molecule has 0 aliphatic rings. The highest BCUT2D eigenvalue weighted by Gasteiger charge is 2.15. The fraction of sp³-hybridized carbons (Fsp3) is 0.360. The Morgan fingerprint density at radius 1 is 1.11 bits per heavy atom. The number of hydrogen-bond acceptors (Lipinski definition) is 6.